The zero-order valence-corrected chi connectivity index (χ0v) is 11.6. The van der Waals surface area contributed by atoms with E-state index in [0.29, 0.717) is 0 Å². The molecule has 0 aromatic carbocycles. The first-order valence-electron chi connectivity index (χ1n) is 3.12. The zero-order chi connectivity index (χ0) is 10.2. The molecule has 0 aromatic rings. The van der Waals surface area contributed by atoms with E-state index in [-0.39, 0.29) is 5.91 Å². The maximum atomic E-state index is 11.7. The molecular formula is C5H6Br2N2O2S2. The lowest BCUT2D eigenvalue weighted by molar-refractivity contribution is -0.122. The molecule has 8 heteroatoms. The summed E-state index contributed by atoms with van der Waals surface area (Å²) >= 11 is 8.59. The molecule has 3 amide bonds. The molecule has 74 valence electrons. The predicted molar refractivity (Wildman–Crippen MR) is 61.7 cm³/mol. The number of amides is 3. The second-order valence-corrected chi connectivity index (χ2v) is 5.81. The van der Waals surface area contributed by atoms with Crippen LogP contribution in [0.25, 0.3) is 0 Å². The third kappa shape index (κ3) is 1.51. The first kappa shape index (κ1) is 11.7. The van der Waals surface area contributed by atoms with E-state index in [9.17, 15) is 9.59 Å². The summed E-state index contributed by atoms with van der Waals surface area (Å²) < 4.78 is 1.28. The van der Waals surface area contributed by atoms with Crippen molar-refractivity contribution in [2.45, 2.75) is 4.20 Å². The summed E-state index contributed by atoms with van der Waals surface area (Å²) in [4.78, 5) is 23.0. The normalized spacial score (nSPS) is 21.5. The van der Waals surface area contributed by atoms with Crippen LogP contribution >= 0.6 is 55.8 Å². The van der Waals surface area contributed by atoms with Gasteiger partial charge in [-0.2, -0.15) is 3.93 Å². The molecule has 0 atom stereocenters. The predicted octanol–water partition coefficient (Wildman–Crippen LogP) is 2.25. The number of imide groups is 1. The Morgan fingerprint density at radius 1 is 1.23 bits per heavy atom. The number of carbonyl (C=O) groups is 2. The van der Waals surface area contributed by atoms with Crippen LogP contribution in [-0.2, 0) is 4.79 Å². The fourth-order valence-electron chi connectivity index (χ4n) is 0.916. The molecule has 1 saturated heterocycles. The van der Waals surface area contributed by atoms with E-state index in [1.807, 2.05) is 0 Å². The van der Waals surface area contributed by atoms with Gasteiger partial charge in [0.25, 0.3) is 5.91 Å². The highest BCUT2D eigenvalue weighted by Gasteiger charge is 2.56. The van der Waals surface area contributed by atoms with Crippen LogP contribution in [0.2, 0.25) is 0 Å². The Labute approximate surface area is 101 Å². The van der Waals surface area contributed by atoms with E-state index >= 15 is 0 Å². The first-order valence-corrected chi connectivity index (χ1v) is 6.98. The van der Waals surface area contributed by atoms with E-state index in [4.69, 9.17) is 0 Å². The molecule has 0 radical (unpaired) electrons. The Kier molecular flexibility index (Phi) is 3.59. The quantitative estimate of drug-likeness (QED) is 0.435. The molecule has 0 bridgehead atoms. The van der Waals surface area contributed by atoms with E-state index in [1.165, 1.54) is 27.4 Å². The summed E-state index contributed by atoms with van der Waals surface area (Å²) in [5.74, 6) is -0.283. The SMILES string of the molecule is CSC1(SC)C(=O)N(Br)C(=O)N1Br. The van der Waals surface area contributed by atoms with Crippen LogP contribution in [0.1, 0.15) is 0 Å². The third-order valence-electron chi connectivity index (χ3n) is 1.60. The second kappa shape index (κ2) is 4.00. The van der Waals surface area contributed by atoms with Gasteiger partial charge in [0.05, 0.1) is 32.3 Å². The van der Waals surface area contributed by atoms with Crippen molar-refractivity contribution in [1.29, 1.82) is 0 Å². The lowest BCUT2D eigenvalue weighted by Gasteiger charge is -2.25. The highest BCUT2D eigenvalue weighted by atomic mass is 79.9. The summed E-state index contributed by atoms with van der Waals surface area (Å²) in [6.45, 7) is 0. The van der Waals surface area contributed by atoms with Crippen molar-refractivity contribution in [3.8, 4) is 0 Å². The zero-order valence-electron chi connectivity index (χ0n) is 6.78. The van der Waals surface area contributed by atoms with E-state index in [2.05, 4.69) is 32.3 Å². The monoisotopic (exact) mass is 348 g/mol. The Balaban J connectivity index is 3.11. The Bertz CT molecular complexity index is 259. The summed E-state index contributed by atoms with van der Waals surface area (Å²) in [7, 11) is 0. The molecule has 1 aliphatic rings. The number of thioether (sulfide) groups is 2. The molecule has 0 N–H and O–H groups in total. The molecule has 0 unspecified atom stereocenters. The number of halogens is 2. The average Bonchev–Trinajstić information content (AvgIpc) is 2.31. The average molecular weight is 350 g/mol. The smallest absolute Gasteiger partial charge is 0.269 e. The van der Waals surface area contributed by atoms with Crippen molar-refractivity contribution >= 4 is 67.8 Å². The molecule has 4 nitrogen and oxygen atoms in total. The van der Waals surface area contributed by atoms with Gasteiger partial charge in [0.15, 0.2) is 0 Å². The van der Waals surface area contributed by atoms with Crippen LogP contribution in [0.4, 0.5) is 4.79 Å². The third-order valence-corrected chi connectivity index (χ3v) is 6.35. The van der Waals surface area contributed by atoms with Gasteiger partial charge in [-0.25, -0.2) is 8.72 Å². The van der Waals surface area contributed by atoms with Crippen molar-refractivity contribution in [3.63, 3.8) is 0 Å². The number of rotatable bonds is 2. The van der Waals surface area contributed by atoms with Crippen LogP contribution in [0.15, 0.2) is 0 Å². The van der Waals surface area contributed by atoms with Gasteiger partial charge in [-0.05, 0) is 12.5 Å². The van der Waals surface area contributed by atoms with Gasteiger partial charge in [-0.1, -0.05) is 0 Å². The van der Waals surface area contributed by atoms with Crippen molar-refractivity contribution in [1.82, 2.24) is 7.85 Å². The lowest BCUT2D eigenvalue weighted by atomic mass is 10.6. The molecule has 0 aromatic heterocycles. The number of hydrogen-bond donors (Lipinski definition) is 0. The van der Waals surface area contributed by atoms with Gasteiger partial charge >= 0.3 is 6.03 Å². The lowest BCUT2D eigenvalue weighted by Crippen LogP contribution is -2.37. The topological polar surface area (TPSA) is 40.6 Å². The van der Waals surface area contributed by atoms with Crippen LogP contribution in [-0.4, -0.2) is 36.5 Å². The molecule has 0 aliphatic carbocycles. The number of urea groups is 1. The first-order chi connectivity index (χ1) is 6.01. The summed E-state index contributed by atoms with van der Waals surface area (Å²) in [6, 6.07) is -0.409. The van der Waals surface area contributed by atoms with Crippen molar-refractivity contribution in [2.75, 3.05) is 12.5 Å². The Morgan fingerprint density at radius 2 is 1.69 bits per heavy atom. The van der Waals surface area contributed by atoms with Crippen molar-refractivity contribution < 1.29 is 9.59 Å². The summed E-state index contributed by atoms with van der Waals surface area (Å²) in [5.41, 5.74) is 0. The van der Waals surface area contributed by atoms with Gasteiger partial charge in [0, 0.05) is 0 Å². The minimum Gasteiger partial charge on any atom is -0.269 e. The standard InChI is InChI=1S/C5H6Br2N2O2S2/c1-12-5(13-2)3(10)8(6)4(11)9(5)7/h1-2H3. The van der Waals surface area contributed by atoms with Crippen LogP contribution in [0, 0.1) is 0 Å². The van der Waals surface area contributed by atoms with Gasteiger partial charge in [-0.15, -0.1) is 23.5 Å². The van der Waals surface area contributed by atoms with Gasteiger partial charge in [-0.3, -0.25) is 4.79 Å². The largest absolute Gasteiger partial charge is 0.349 e. The second-order valence-electron chi connectivity index (χ2n) is 2.14. The number of carbonyl (C=O) groups excluding carboxylic acids is 2. The Hall–Kier alpha value is 0.600. The van der Waals surface area contributed by atoms with Crippen molar-refractivity contribution in [2.24, 2.45) is 0 Å². The van der Waals surface area contributed by atoms with Gasteiger partial charge in [0.2, 0.25) is 4.20 Å². The molecule has 1 aliphatic heterocycles. The summed E-state index contributed by atoms with van der Waals surface area (Å²) in [6.07, 6.45) is 3.56. The minimum atomic E-state index is -0.888. The molecule has 1 heterocycles. The van der Waals surface area contributed by atoms with Gasteiger partial charge in [0.1, 0.15) is 0 Å². The minimum absolute atomic E-state index is 0.283. The molecule has 1 rings (SSSR count). The molecule has 0 spiro atoms. The summed E-state index contributed by atoms with van der Waals surface area (Å²) in [5, 5.41) is 0. The Morgan fingerprint density at radius 3 is 1.85 bits per heavy atom. The van der Waals surface area contributed by atoms with Crippen LogP contribution in [0.3, 0.4) is 0 Å². The van der Waals surface area contributed by atoms with E-state index < -0.39 is 10.2 Å². The maximum absolute atomic E-state index is 11.7. The van der Waals surface area contributed by atoms with Gasteiger partial charge < -0.3 is 0 Å². The van der Waals surface area contributed by atoms with E-state index in [0.717, 1.165) is 3.93 Å². The molecule has 13 heavy (non-hydrogen) atoms. The molecule has 1 fully saturated rings. The molecular weight excluding hydrogens is 344 g/mol. The van der Waals surface area contributed by atoms with Crippen LogP contribution in [0.5, 0.6) is 0 Å². The van der Waals surface area contributed by atoms with Crippen LogP contribution < -0.4 is 0 Å². The maximum Gasteiger partial charge on any atom is 0.349 e. The van der Waals surface area contributed by atoms with E-state index in [1.54, 1.807) is 12.5 Å². The highest BCUT2D eigenvalue weighted by molar-refractivity contribution is 9.08. The number of nitrogens with zero attached hydrogens (tertiary/aromatic N) is 2. The fourth-order valence-corrected chi connectivity index (χ4v) is 4.63. The number of hydrogen-bond acceptors (Lipinski definition) is 4. The molecule has 0 saturated carbocycles. The van der Waals surface area contributed by atoms with Crippen molar-refractivity contribution in [3.05, 3.63) is 0 Å². The highest BCUT2D eigenvalue weighted by Crippen LogP contribution is 2.47. The fraction of sp³-hybridized carbons (Fsp3) is 0.600.